The minimum atomic E-state index is -0.515. The van der Waals surface area contributed by atoms with E-state index in [0.717, 1.165) is 10.5 Å². The van der Waals surface area contributed by atoms with Gasteiger partial charge in [0, 0.05) is 0 Å². The number of nitrogens with zero attached hydrogens (tertiary/aromatic N) is 1. The van der Waals surface area contributed by atoms with Crippen LogP contribution in [0.15, 0.2) is 48.5 Å². The van der Waals surface area contributed by atoms with Crippen molar-refractivity contribution in [2.45, 2.75) is 6.54 Å². The first-order chi connectivity index (χ1) is 13.0. The Hall–Kier alpha value is -3.42. The lowest BCUT2D eigenvalue weighted by Gasteiger charge is -2.12. The zero-order valence-corrected chi connectivity index (χ0v) is 14.3. The molecule has 3 amide bonds. The maximum absolute atomic E-state index is 12.8. The normalized spacial score (nSPS) is 13.4. The van der Waals surface area contributed by atoms with Crippen molar-refractivity contribution in [2.75, 3.05) is 19.8 Å². The van der Waals surface area contributed by atoms with Crippen molar-refractivity contribution in [1.29, 1.82) is 0 Å². The summed E-state index contributed by atoms with van der Waals surface area (Å²) < 4.78 is 23.2. The van der Waals surface area contributed by atoms with Crippen molar-refractivity contribution >= 4 is 17.9 Å². The molecule has 0 atom stereocenters. The van der Waals surface area contributed by atoms with E-state index in [1.54, 1.807) is 24.3 Å². The molecule has 0 spiro atoms. The summed E-state index contributed by atoms with van der Waals surface area (Å²) in [6.07, 6.45) is 0. The number of halogens is 1. The number of carbonyl (C=O) groups is 3. The summed E-state index contributed by atoms with van der Waals surface area (Å²) in [6.45, 7) is 0.330. The first-order valence-corrected chi connectivity index (χ1v) is 8.25. The van der Waals surface area contributed by atoms with E-state index in [2.05, 4.69) is 5.32 Å². The van der Waals surface area contributed by atoms with Gasteiger partial charge in [-0.15, -0.1) is 0 Å². The van der Waals surface area contributed by atoms with Gasteiger partial charge < -0.3 is 14.8 Å². The fourth-order valence-corrected chi connectivity index (χ4v) is 2.45. The number of ether oxygens (including phenoxy) is 2. The largest absolute Gasteiger partial charge is 0.490 e. The molecule has 3 rings (SSSR count). The molecule has 0 bridgehead atoms. The molecule has 1 heterocycles. The van der Waals surface area contributed by atoms with Gasteiger partial charge in [-0.25, -0.2) is 14.0 Å². The highest BCUT2D eigenvalue weighted by molar-refractivity contribution is 6.01. The maximum Gasteiger partial charge on any atom is 0.338 e. The zero-order chi connectivity index (χ0) is 19.2. The molecule has 0 aliphatic carbocycles. The Morgan fingerprint density at radius 3 is 2.37 bits per heavy atom. The average Bonchev–Trinajstić information content (AvgIpc) is 2.99. The van der Waals surface area contributed by atoms with Crippen molar-refractivity contribution in [2.24, 2.45) is 0 Å². The molecule has 0 radical (unpaired) electrons. The summed E-state index contributed by atoms with van der Waals surface area (Å²) in [5.74, 6) is -0.673. The molecule has 1 N–H and O–H groups in total. The Morgan fingerprint density at radius 2 is 1.74 bits per heavy atom. The molecule has 8 heteroatoms. The number of urea groups is 1. The van der Waals surface area contributed by atoms with E-state index in [1.165, 1.54) is 24.3 Å². The fourth-order valence-electron chi connectivity index (χ4n) is 2.45. The lowest BCUT2D eigenvalue weighted by Crippen LogP contribution is -2.30. The van der Waals surface area contributed by atoms with Crippen LogP contribution in [-0.4, -0.2) is 42.6 Å². The highest BCUT2D eigenvalue weighted by atomic mass is 19.1. The van der Waals surface area contributed by atoms with Crippen LogP contribution in [-0.2, 0) is 16.1 Å². The third-order valence-corrected chi connectivity index (χ3v) is 3.87. The molecule has 1 aliphatic rings. The molecule has 2 aromatic carbocycles. The van der Waals surface area contributed by atoms with E-state index in [1.807, 2.05) is 0 Å². The van der Waals surface area contributed by atoms with Gasteiger partial charge in [0.25, 0.3) is 0 Å². The molecular weight excluding hydrogens is 355 g/mol. The number of rotatable bonds is 7. The Kier molecular flexibility index (Phi) is 5.65. The van der Waals surface area contributed by atoms with E-state index in [9.17, 15) is 18.8 Å². The number of imide groups is 1. The zero-order valence-electron chi connectivity index (χ0n) is 14.3. The second kappa shape index (κ2) is 8.31. The van der Waals surface area contributed by atoms with E-state index in [-0.39, 0.29) is 38.0 Å². The van der Waals surface area contributed by atoms with Crippen LogP contribution in [0.4, 0.5) is 9.18 Å². The van der Waals surface area contributed by atoms with Crippen LogP contribution < -0.4 is 10.1 Å². The number of benzene rings is 2. The Bertz CT molecular complexity index is 820. The van der Waals surface area contributed by atoms with Crippen molar-refractivity contribution < 1.29 is 28.2 Å². The molecule has 1 fully saturated rings. The first kappa shape index (κ1) is 18.4. The quantitative estimate of drug-likeness (QED) is 0.457. The first-order valence-electron chi connectivity index (χ1n) is 8.25. The molecule has 1 saturated heterocycles. The van der Waals surface area contributed by atoms with Gasteiger partial charge in [0.2, 0.25) is 5.91 Å². The Labute approximate surface area is 154 Å². The molecule has 140 valence electrons. The molecule has 0 saturated carbocycles. The highest BCUT2D eigenvalue weighted by Crippen LogP contribution is 2.12. The van der Waals surface area contributed by atoms with E-state index in [4.69, 9.17) is 9.47 Å². The van der Waals surface area contributed by atoms with Gasteiger partial charge in [-0.05, 0) is 42.0 Å². The van der Waals surface area contributed by atoms with Crippen molar-refractivity contribution in [3.05, 3.63) is 65.5 Å². The van der Waals surface area contributed by atoms with Crippen LogP contribution in [0, 0.1) is 5.82 Å². The number of hydrogen-bond acceptors (Lipinski definition) is 5. The van der Waals surface area contributed by atoms with Crippen molar-refractivity contribution in [1.82, 2.24) is 10.2 Å². The summed E-state index contributed by atoms with van der Waals surface area (Å²) in [6, 6.07) is 11.6. The summed E-state index contributed by atoms with van der Waals surface area (Å²) >= 11 is 0. The lowest BCUT2D eigenvalue weighted by atomic mass is 10.1. The van der Waals surface area contributed by atoms with Crippen LogP contribution in [0.3, 0.4) is 0 Å². The van der Waals surface area contributed by atoms with Crippen LogP contribution in [0.25, 0.3) is 0 Å². The number of esters is 1. The summed E-state index contributed by atoms with van der Waals surface area (Å²) in [5, 5.41) is 2.45. The number of nitrogens with one attached hydrogen (secondary N) is 1. The minimum Gasteiger partial charge on any atom is -0.490 e. The van der Waals surface area contributed by atoms with Crippen LogP contribution >= 0.6 is 0 Å². The molecule has 27 heavy (non-hydrogen) atoms. The predicted molar refractivity (Wildman–Crippen MR) is 92.6 cm³/mol. The van der Waals surface area contributed by atoms with Gasteiger partial charge >= 0.3 is 12.0 Å². The smallest absolute Gasteiger partial charge is 0.338 e. The number of amides is 3. The maximum atomic E-state index is 12.8. The van der Waals surface area contributed by atoms with E-state index in [0.29, 0.717) is 11.3 Å². The topological polar surface area (TPSA) is 84.9 Å². The molecule has 7 nitrogen and oxygen atoms in total. The molecule has 0 unspecified atom stereocenters. The van der Waals surface area contributed by atoms with Gasteiger partial charge in [0.15, 0.2) is 0 Å². The fraction of sp³-hybridized carbons (Fsp3) is 0.211. The Morgan fingerprint density at radius 1 is 1.04 bits per heavy atom. The van der Waals surface area contributed by atoms with Gasteiger partial charge in [-0.3, -0.25) is 9.69 Å². The second-order valence-corrected chi connectivity index (χ2v) is 5.77. The monoisotopic (exact) mass is 372 g/mol. The summed E-state index contributed by atoms with van der Waals surface area (Å²) in [7, 11) is 0. The van der Waals surface area contributed by atoms with Crippen molar-refractivity contribution in [3.8, 4) is 5.75 Å². The lowest BCUT2D eigenvalue weighted by molar-refractivity contribution is -0.125. The summed E-state index contributed by atoms with van der Waals surface area (Å²) in [4.78, 5) is 36.2. The third-order valence-electron chi connectivity index (χ3n) is 3.87. The average molecular weight is 372 g/mol. The van der Waals surface area contributed by atoms with E-state index < -0.39 is 12.0 Å². The molecule has 1 aliphatic heterocycles. The van der Waals surface area contributed by atoms with Gasteiger partial charge in [0.1, 0.15) is 24.8 Å². The van der Waals surface area contributed by atoms with Crippen LogP contribution in [0.1, 0.15) is 15.9 Å². The van der Waals surface area contributed by atoms with E-state index >= 15 is 0 Å². The number of carbonyl (C=O) groups excluding carboxylic acids is 3. The number of hydrogen-bond donors (Lipinski definition) is 1. The summed E-state index contributed by atoms with van der Waals surface area (Å²) in [5.41, 5.74) is 1.06. The van der Waals surface area contributed by atoms with Gasteiger partial charge in [-0.1, -0.05) is 12.1 Å². The van der Waals surface area contributed by atoms with Crippen LogP contribution in [0.2, 0.25) is 0 Å². The van der Waals surface area contributed by atoms with Crippen LogP contribution in [0.5, 0.6) is 5.75 Å². The molecule has 0 aromatic heterocycles. The third kappa shape index (κ3) is 4.81. The standard InChI is InChI=1S/C19H17FN2O5/c20-15-5-7-16(8-6-15)26-9-10-27-18(24)14-3-1-13(2-4-14)12-22-17(23)11-21-19(22)25/h1-8H,9-12H2,(H,21,25). The minimum absolute atomic E-state index is 0.00321. The SMILES string of the molecule is O=C(OCCOc1ccc(F)cc1)c1ccc(CN2C(=O)CNC2=O)cc1. The molecule has 2 aromatic rings. The van der Waals surface area contributed by atoms with Gasteiger partial charge in [-0.2, -0.15) is 0 Å². The predicted octanol–water partition coefficient (Wildman–Crippen LogP) is 2.11. The second-order valence-electron chi connectivity index (χ2n) is 5.77. The van der Waals surface area contributed by atoms with Crippen molar-refractivity contribution in [3.63, 3.8) is 0 Å². The Balaban J connectivity index is 1.45. The molecular formula is C19H17FN2O5. The highest BCUT2D eigenvalue weighted by Gasteiger charge is 2.28. The van der Waals surface area contributed by atoms with Gasteiger partial charge in [0.05, 0.1) is 18.7 Å².